The molecule has 0 radical (unpaired) electrons. The van der Waals surface area contributed by atoms with Crippen molar-refractivity contribution in [3.63, 3.8) is 0 Å². The number of aryl methyl sites for hydroxylation is 2. The van der Waals surface area contributed by atoms with Gasteiger partial charge in [-0.05, 0) is 109 Å². The molecule has 0 aliphatic rings. The molecule has 17 nitrogen and oxygen atoms in total. The fourth-order valence-corrected chi connectivity index (χ4v) is 7.62. The normalized spacial score (nSPS) is 13.1. The summed E-state index contributed by atoms with van der Waals surface area (Å²) in [4.78, 5) is 2.12. The van der Waals surface area contributed by atoms with Gasteiger partial charge in [0.25, 0.3) is 30.4 Å². The van der Waals surface area contributed by atoms with Crippen molar-refractivity contribution in [2.75, 3.05) is 5.73 Å². The second kappa shape index (κ2) is 14.2. The van der Waals surface area contributed by atoms with E-state index in [1.807, 2.05) is 0 Å². The number of phenolic OH excluding ortho intramolecular Hbond substituents is 1. The summed E-state index contributed by atoms with van der Waals surface area (Å²) < 4.78 is 103. The number of phenols is 1. The van der Waals surface area contributed by atoms with E-state index in [2.05, 4.69) is 25.4 Å². The van der Waals surface area contributed by atoms with E-state index < -0.39 is 56.5 Å². The highest BCUT2D eigenvalue weighted by Gasteiger charge is 2.23. The molecule has 0 heterocycles. The molecule has 6 rings (SSSR count). The number of aromatic hydroxyl groups is 1. The quantitative estimate of drug-likeness (QED) is 0.0266. The van der Waals surface area contributed by atoms with Crippen LogP contribution in [0.5, 0.6) is 5.75 Å². The summed E-state index contributed by atoms with van der Waals surface area (Å²) in [6, 6.07) is 20.0. The van der Waals surface area contributed by atoms with Gasteiger partial charge in [0.1, 0.15) is 20.4 Å². The molecule has 0 saturated heterocycles. The van der Waals surface area contributed by atoms with E-state index in [0.29, 0.717) is 16.8 Å². The number of nitrogens with two attached hydrogens (primary N) is 1. The summed E-state index contributed by atoms with van der Waals surface area (Å²) >= 11 is 0. The third-order valence-corrected chi connectivity index (χ3v) is 10.9. The highest BCUT2D eigenvalue weighted by Crippen LogP contribution is 2.43. The Hall–Kier alpha value is -6.16. The van der Waals surface area contributed by atoms with Crippen LogP contribution in [-0.2, 0) is 30.4 Å². The van der Waals surface area contributed by atoms with Gasteiger partial charge in [0.05, 0.1) is 22.7 Å². The van der Waals surface area contributed by atoms with Crippen LogP contribution in [0.1, 0.15) is 16.7 Å². The molecule has 0 unspecified atom stereocenters. The van der Waals surface area contributed by atoms with Crippen molar-refractivity contribution in [2.24, 2.45) is 25.4 Å². The molecule has 282 valence electrons. The number of anilines is 1. The number of azo groups is 2. The van der Waals surface area contributed by atoms with Gasteiger partial charge in [-0.25, -0.2) is 4.99 Å². The summed E-state index contributed by atoms with van der Waals surface area (Å²) in [5.74, 6) is -0.967. The first-order valence-electron chi connectivity index (χ1n) is 15.6. The molecule has 0 aromatic heterocycles. The molecule has 6 aromatic carbocycles. The molecule has 0 spiro atoms. The summed E-state index contributed by atoms with van der Waals surface area (Å²) in [6.45, 7) is 3.36. The highest BCUT2D eigenvalue weighted by molar-refractivity contribution is 7.86. The molecular weight excluding hydrogens is 777 g/mol. The van der Waals surface area contributed by atoms with E-state index in [4.69, 9.17) is 5.73 Å². The Morgan fingerprint density at radius 3 is 1.91 bits per heavy atom. The van der Waals surface area contributed by atoms with Gasteiger partial charge in [0.15, 0.2) is 5.75 Å². The number of nitrogens with zero attached hydrogens (tertiary/aromatic N) is 5. The molecule has 20 heteroatoms. The molecule has 0 amide bonds. The standard InChI is InChI=1S/C35H28N6O11S3/c1-18-12-20(6-10-28(18)36)35(43)37-22-7-9-25-21(14-22)15-32(55(50,51)52)33(34(25)42)41-38-23-8-11-29(19(2)13-23)40-39-24-16-27-26(31(17-24)54(47,48)49)4-3-5-30(27)53(44,45)46/h3-17,42H,36H2,1-2H3,(H,37,43)(H,44,45,46)(H,47,48,49)(H,50,51,52). The minimum absolute atomic E-state index is 0.129. The van der Waals surface area contributed by atoms with Gasteiger partial charge < -0.3 is 15.9 Å². The predicted molar refractivity (Wildman–Crippen MR) is 203 cm³/mol. The Labute approximate surface area is 313 Å². The number of hydrogen-bond donors (Lipinski definition) is 6. The maximum absolute atomic E-state index is 12.4. The topological polar surface area (TPSA) is 291 Å². The third-order valence-electron chi connectivity index (χ3n) is 8.25. The SMILES string of the molecule is Cc1cc(C(O)=Nc2ccc3c(O)c(N=Nc4ccc(N=Nc5cc(S(=O)(=O)O)c6cccc(S(=O)(=O)O)c6c5)c(C)c4)c(S(=O)(=O)O)cc3c2)ccc1N. The Bertz CT molecular complexity index is 3020. The summed E-state index contributed by atoms with van der Waals surface area (Å²) in [7, 11) is -14.6. The minimum atomic E-state index is -4.96. The van der Waals surface area contributed by atoms with Crippen molar-refractivity contribution < 1.29 is 49.1 Å². The molecule has 0 saturated carbocycles. The summed E-state index contributed by atoms with van der Waals surface area (Å²) in [5.41, 5.74) is 7.71. The van der Waals surface area contributed by atoms with E-state index in [1.165, 1.54) is 48.5 Å². The maximum Gasteiger partial charge on any atom is 0.296 e. The van der Waals surface area contributed by atoms with Gasteiger partial charge in [-0.15, -0.1) is 5.11 Å². The number of nitrogen functional groups attached to an aromatic ring is 1. The van der Waals surface area contributed by atoms with Gasteiger partial charge in [0.2, 0.25) is 5.90 Å². The number of aliphatic hydroxyl groups excluding tert-OH is 1. The number of rotatable bonds is 9. The molecule has 0 aliphatic carbocycles. The largest absolute Gasteiger partial charge is 0.505 e. The van der Waals surface area contributed by atoms with Crippen LogP contribution in [-0.4, -0.2) is 55.0 Å². The molecule has 7 N–H and O–H groups in total. The molecule has 55 heavy (non-hydrogen) atoms. The van der Waals surface area contributed by atoms with E-state index in [0.717, 1.165) is 29.8 Å². The first-order valence-corrected chi connectivity index (χ1v) is 19.9. The Morgan fingerprint density at radius 1 is 0.582 bits per heavy atom. The zero-order valence-electron chi connectivity index (χ0n) is 28.4. The summed E-state index contributed by atoms with van der Waals surface area (Å²) in [5, 5.41) is 37.6. The molecule has 0 fully saturated rings. The first kappa shape index (κ1) is 38.6. The Kier molecular flexibility index (Phi) is 9.99. The average Bonchev–Trinajstić information content (AvgIpc) is 3.10. The molecule has 0 bridgehead atoms. The fourth-order valence-electron chi connectivity index (χ4n) is 5.54. The van der Waals surface area contributed by atoms with Gasteiger partial charge in [-0.3, -0.25) is 13.7 Å². The van der Waals surface area contributed by atoms with Gasteiger partial charge >= 0.3 is 0 Å². The number of benzene rings is 6. The number of aliphatic hydroxyl groups is 1. The van der Waals surface area contributed by atoms with E-state index in [1.54, 1.807) is 32.0 Å². The van der Waals surface area contributed by atoms with Crippen molar-refractivity contribution >= 4 is 91.9 Å². The second-order valence-electron chi connectivity index (χ2n) is 12.1. The molecular formula is C35H28N6O11S3. The Balaban J connectivity index is 1.33. The maximum atomic E-state index is 12.4. The number of aliphatic imine (C=N–C) groups is 1. The van der Waals surface area contributed by atoms with Crippen LogP contribution in [0.15, 0.2) is 131 Å². The van der Waals surface area contributed by atoms with Crippen LogP contribution in [0.4, 0.5) is 34.1 Å². The minimum Gasteiger partial charge on any atom is -0.505 e. The highest BCUT2D eigenvalue weighted by atomic mass is 32.2. The first-order chi connectivity index (χ1) is 25.7. The van der Waals surface area contributed by atoms with Crippen molar-refractivity contribution in [1.29, 1.82) is 0 Å². The average molecular weight is 805 g/mol. The van der Waals surface area contributed by atoms with Gasteiger partial charge in [0, 0.05) is 27.4 Å². The number of hydrogen-bond acceptors (Lipinski definition) is 13. The molecule has 6 aromatic rings. The second-order valence-corrected chi connectivity index (χ2v) is 16.2. The monoisotopic (exact) mass is 804 g/mol. The predicted octanol–water partition coefficient (Wildman–Crippen LogP) is 8.10. The van der Waals surface area contributed by atoms with Crippen LogP contribution < -0.4 is 5.73 Å². The third kappa shape index (κ3) is 8.18. The van der Waals surface area contributed by atoms with Gasteiger partial charge in [-0.2, -0.15) is 40.6 Å². The lowest BCUT2D eigenvalue weighted by atomic mass is 10.1. The smallest absolute Gasteiger partial charge is 0.296 e. The fraction of sp³-hybridized carbons (Fsp3) is 0.0571. The number of fused-ring (bicyclic) bond motifs is 2. The summed E-state index contributed by atoms with van der Waals surface area (Å²) in [6.07, 6.45) is 0. The molecule has 0 aliphatic heterocycles. The van der Waals surface area contributed by atoms with Gasteiger partial charge in [-0.1, -0.05) is 12.1 Å². The van der Waals surface area contributed by atoms with E-state index in [-0.39, 0.29) is 50.2 Å². The molecule has 0 atom stereocenters. The van der Waals surface area contributed by atoms with E-state index >= 15 is 0 Å². The van der Waals surface area contributed by atoms with Crippen LogP contribution in [0, 0.1) is 13.8 Å². The lowest BCUT2D eigenvalue weighted by molar-refractivity contribution is 0.472. The Morgan fingerprint density at radius 2 is 1.25 bits per heavy atom. The van der Waals surface area contributed by atoms with Crippen LogP contribution in [0.3, 0.4) is 0 Å². The lowest BCUT2D eigenvalue weighted by Gasteiger charge is -2.10. The zero-order valence-corrected chi connectivity index (χ0v) is 30.8. The van der Waals surface area contributed by atoms with E-state index in [9.17, 15) is 49.1 Å². The van der Waals surface area contributed by atoms with Crippen molar-refractivity contribution in [1.82, 2.24) is 0 Å². The van der Waals surface area contributed by atoms with Crippen molar-refractivity contribution in [2.45, 2.75) is 28.5 Å². The van der Waals surface area contributed by atoms with Crippen molar-refractivity contribution in [3.05, 3.63) is 108 Å². The van der Waals surface area contributed by atoms with Crippen molar-refractivity contribution in [3.8, 4) is 5.75 Å². The van der Waals surface area contributed by atoms with Crippen LogP contribution in [0.25, 0.3) is 21.5 Å². The van der Waals surface area contributed by atoms with Crippen LogP contribution in [0.2, 0.25) is 0 Å². The van der Waals surface area contributed by atoms with Crippen LogP contribution >= 0.6 is 0 Å². The zero-order chi connectivity index (χ0) is 40.0. The lowest BCUT2D eigenvalue weighted by Crippen LogP contribution is -2.03.